The lowest BCUT2D eigenvalue weighted by Gasteiger charge is -2.26. The molecule has 5 nitrogen and oxygen atoms in total. The molecular formula is C21H23ClN2O3. The molecule has 1 aliphatic rings. The predicted molar refractivity (Wildman–Crippen MR) is 106 cm³/mol. The Bertz CT molecular complexity index is 786. The minimum atomic E-state index is -0.227. The summed E-state index contributed by atoms with van der Waals surface area (Å²) in [6, 6.07) is 13.6. The number of hydrogen-bond donors (Lipinski definition) is 1. The van der Waals surface area contributed by atoms with E-state index in [4.69, 9.17) is 16.3 Å². The lowest BCUT2D eigenvalue weighted by molar-refractivity contribution is 0.0374. The van der Waals surface area contributed by atoms with Crippen molar-refractivity contribution >= 4 is 23.3 Å². The molecule has 0 saturated carbocycles. The molecule has 27 heavy (non-hydrogen) atoms. The van der Waals surface area contributed by atoms with Gasteiger partial charge in [0.05, 0.1) is 18.8 Å². The molecule has 0 aromatic heterocycles. The molecule has 6 heteroatoms. The Hall–Kier alpha value is -2.21. The van der Waals surface area contributed by atoms with Gasteiger partial charge in [-0.1, -0.05) is 29.8 Å². The molecule has 0 aliphatic carbocycles. The summed E-state index contributed by atoms with van der Waals surface area (Å²) in [5, 5.41) is 3.49. The van der Waals surface area contributed by atoms with Crippen molar-refractivity contribution in [2.24, 2.45) is 0 Å². The Morgan fingerprint density at radius 2 is 1.67 bits per heavy atom. The van der Waals surface area contributed by atoms with Crippen LogP contribution in [0.15, 0.2) is 48.5 Å². The van der Waals surface area contributed by atoms with Gasteiger partial charge in [0, 0.05) is 35.8 Å². The Morgan fingerprint density at radius 1 is 1.00 bits per heavy atom. The van der Waals surface area contributed by atoms with Crippen molar-refractivity contribution in [1.29, 1.82) is 0 Å². The second-order valence-electron chi connectivity index (χ2n) is 6.45. The Morgan fingerprint density at radius 3 is 2.37 bits per heavy atom. The molecule has 1 saturated heterocycles. The zero-order chi connectivity index (χ0) is 19.1. The van der Waals surface area contributed by atoms with Crippen LogP contribution in [0.2, 0.25) is 5.02 Å². The summed E-state index contributed by atoms with van der Waals surface area (Å²) in [7, 11) is 0. The van der Waals surface area contributed by atoms with Crippen LogP contribution in [0.1, 0.15) is 32.7 Å². The maximum atomic E-state index is 12.8. The normalized spacial score (nSPS) is 14.7. The molecule has 0 spiro atoms. The highest BCUT2D eigenvalue weighted by Crippen LogP contribution is 2.17. The average Bonchev–Trinajstić information content (AvgIpc) is 2.72. The van der Waals surface area contributed by atoms with Crippen molar-refractivity contribution in [3.05, 3.63) is 70.2 Å². The van der Waals surface area contributed by atoms with E-state index in [0.717, 1.165) is 39.3 Å². The standard InChI is InChI=1S/C21H23ClN2O3/c22-17-8-6-16(7-9-17)20(25)18-4-1-2-5-19(18)21(26)23-10-3-11-24-12-14-27-15-13-24/h1-2,4-9H,3,10-15H2,(H,23,26). The van der Waals surface area contributed by atoms with Gasteiger partial charge in [0.1, 0.15) is 0 Å². The number of morpholine rings is 1. The number of nitrogens with one attached hydrogen (secondary N) is 1. The number of carbonyl (C=O) groups excluding carboxylic acids is 2. The van der Waals surface area contributed by atoms with Gasteiger partial charge in [-0.3, -0.25) is 14.5 Å². The van der Waals surface area contributed by atoms with Crippen LogP contribution >= 0.6 is 11.6 Å². The molecule has 0 bridgehead atoms. The van der Waals surface area contributed by atoms with Crippen molar-refractivity contribution in [2.45, 2.75) is 6.42 Å². The number of benzene rings is 2. The number of carbonyl (C=O) groups is 2. The zero-order valence-electron chi connectivity index (χ0n) is 15.1. The van der Waals surface area contributed by atoms with Crippen LogP contribution in [0.25, 0.3) is 0 Å². The second kappa shape index (κ2) is 9.65. The van der Waals surface area contributed by atoms with Crippen LogP contribution in [-0.4, -0.2) is 56.0 Å². The summed E-state index contributed by atoms with van der Waals surface area (Å²) in [5.41, 5.74) is 1.29. The van der Waals surface area contributed by atoms with Gasteiger partial charge in [-0.2, -0.15) is 0 Å². The SMILES string of the molecule is O=C(NCCCN1CCOCC1)c1ccccc1C(=O)c1ccc(Cl)cc1. The third-order valence-electron chi connectivity index (χ3n) is 4.56. The first kappa shape index (κ1) is 19.5. The summed E-state index contributed by atoms with van der Waals surface area (Å²) >= 11 is 5.89. The average molecular weight is 387 g/mol. The van der Waals surface area contributed by atoms with Crippen molar-refractivity contribution in [3.63, 3.8) is 0 Å². The summed E-state index contributed by atoms with van der Waals surface area (Å²) in [5.74, 6) is -0.416. The van der Waals surface area contributed by atoms with Gasteiger partial charge in [-0.15, -0.1) is 0 Å². The fourth-order valence-corrected chi connectivity index (χ4v) is 3.19. The van der Waals surface area contributed by atoms with Crippen molar-refractivity contribution in [3.8, 4) is 0 Å². The maximum Gasteiger partial charge on any atom is 0.252 e. The van der Waals surface area contributed by atoms with E-state index in [9.17, 15) is 9.59 Å². The molecule has 0 atom stereocenters. The molecule has 1 N–H and O–H groups in total. The second-order valence-corrected chi connectivity index (χ2v) is 6.88. The van der Waals surface area contributed by atoms with E-state index in [2.05, 4.69) is 10.2 Å². The number of amides is 1. The summed E-state index contributed by atoms with van der Waals surface area (Å²) < 4.78 is 5.33. The first-order valence-electron chi connectivity index (χ1n) is 9.13. The van der Waals surface area contributed by atoms with Crippen LogP contribution in [0, 0.1) is 0 Å². The van der Waals surface area contributed by atoms with Crippen LogP contribution in [0.5, 0.6) is 0 Å². The van der Waals surface area contributed by atoms with E-state index in [1.807, 2.05) is 0 Å². The Labute approximate surface area is 164 Å². The highest BCUT2D eigenvalue weighted by molar-refractivity contribution is 6.30. The van der Waals surface area contributed by atoms with E-state index in [-0.39, 0.29) is 11.7 Å². The molecule has 1 aliphatic heterocycles. The van der Waals surface area contributed by atoms with E-state index in [0.29, 0.717) is 28.3 Å². The van der Waals surface area contributed by atoms with Crippen molar-refractivity contribution < 1.29 is 14.3 Å². The topological polar surface area (TPSA) is 58.6 Å². The van der Waals surface area contributed by atoms with Gasteiger partial charge < -0.3 is 10.1 Å². The van der Waals surface area contributed by atoms with Crippen LogP contribution in [-0.2, 0) is 4.74 Å². The molecule has 1 fully saturated rings. The number of ether oxygens (including phenoxy) is 1. The number of halogens is 1. The van der Waals surface area contributed by atoms with Gasteiger partial charge in [-0.05, 0) is 43.3 Å². The molecule has 2 aromatic carbocycles. The smallest absolute Gasteiger partial charge is 0.252 e. The molecule has 1 heterocycles. The van der Waals surface area contributed by atoms with Gasteiger partial charge >= 0.3 is 0 Å². The number of nitrogens with zero attached hydrogens (tertiary/aromatic N) is 1. The Kier molecular flexibility index (Phi) is 6.98. The molecule has 1 amide bonds. The fraction of sp³-hybridized carbons (Fsp3) is 0.333. The first-order chi connectivity index (χ1) is 13.1. The van der Waals surface area contributed by atoms with Gasteiger partial charge in [0.25, 0.3) is 5.91 Å². The monoisotopic (exact) mass is 386 g/mol. The highest BCUT2D eigenvalue weighted by Gasteiger charge is 2.18. The molecule has 2 aromatic rings. The lowest BCUT2D eigenvalue weighted by atomic mass is 9.98. The molecular weight excluding hydrogens is 364 g/mol. The minimum absolute atomic E-state index is 0.189. The largest absolute Gasteiger partial charge is 0.379 e. The maximum absolute atomic E-state index is 12.8. The van der Waals surface area contributed by atoms with Crippen LogP contribution < -0.4 is 5.32 Å². The number of rotatable bonds is 7. The lowest BCUT2D eigenvalue weighted by Crippen LogP contribution is -2.38. The van der Waals surface area contributed by atoms with E-state index >= 15 is 0 Å². The van der Waals surface area contributed by atoms with E-state index < -0.39 is 0 Å². The molecule has 0 radical (unpaired) electrons. The molecule has 0 unspecified atom stereocenters. The van der Waals surface area contributed by atoms with E-state index in [1.54, 1.807) is 48.5 Å². The van der Waals surface area contributed by atoms with Crippen molar-refractivity contribution in [1.82, 2.24) is 10.2 Å². The minimum Gasteiger partial charge on any atom is -0.379 e. The third kappa shape index (κ3) is 5.39. The zero-order valence-corrected chi connectivity index (χ0v) is 15.9. The predicted octanol–water partition coefficient (Wildman–Crippen LogP) is 3.02. The van der Waals surface area contributed by atoms with Crippen molar-refractivity contribution in [2.75, 3.05) is 39.4 Å². The quantitative estimate of drug-likeness (QED) is 0.587. The molecule has 142 valence electrons. The van der Waals surface area contributed by atoms with Gasteiger partial charge in [0.2, 0.25) is 0 Å². The summed E-state index contributed by atoms with van der Waals surface area (Å²) in [4.78, 5) is 27.7. The van der Waals surface area contributed by atoms with E-state index in [1.165, 1.54) is 0 Å². The Balaban J connectivity index is 1.59. The first-order valence-corrected chi connectivity index (χ1v) is 9.50. The molecule has 3 rings (SSSR count). The van der Waals surface area contributed by atoms with Gasteiger partial charge in [0.15, 0.2) is 5.78 Å². The number of ketones is 1. The third-order valence-corrected chi connectivity index (χ3v) is 4.82. The van der Waals surface area contributed by atoms with Gasteiger partial charge in [-0.25, -0.2) is 0 Å². The summed E-state index contributed by atoms with van der Waals surface area (Å²) in [6.45, 7) is 4.91. The highest BCUT2D eigenvalue weighted by atomic mass is 35.5. The van der Waals surface area contributed by atoms with Crippen LogP contribution in [0.4, 0.5) is 0 Å². The fourth-order valence-electron chi connectivity index (χ4n) is 3.06. The summed E-state index contributed by atoms with van der Waals surface area (Å²) in [6.07, 6.45) is 0.860. The number of hydrogen-bond acceptors (Lipinski definition) is 4. The van der Waals surface area contributed by atoms with Crippen LogP contribution in [0.3, 0.4) is 0 Å².